The van der Waals surface area contributed by atoms with Crippen LogP contribution in [-0.2, 0) is 11.2 Å². The molecule has 0 aliphatic rings. The number of amides is 2. The van der Waals surface area contributed by atoms with Crippen molar-refractivity contribution in [2.24, 2.45) is 0 Å². The van der Waals surface area contributed by atoms with Gasteiger partial charge in [-0.15, -0.1) is 0 Å². The van der Waals surface area contributed by atoms with Gasteiger partial charge in [-0.2, -0.15) is 0 Å². The minimum atomic E-state index is -0.441. The molecule has 3 N–H and O–H groups in total. The molecule has 0 saturated heterocycles. The number of nitrogens with one attached hydrogen (secondary N) is 3. The number of ether oxygens (including phenoxy) is 2. The van der Waals surface area contributed by atoms with E-state index in [4.69, 9.17) is 9.47 Å². The molecule has 2 aromatic carbocycles. The molecule has 2 amide bonds. The number of hydrazine groups is 1. The van der Waals surface area contributed by atoms with Crippen molar-refractivity contribution >= 4 is 22.7 Å². The molecular weight excluding hydrogens is 370 g/mol. The van der Waals surface area contributed by atoms with Crippen LogP contribution in [0.25, 0.3) is 10.9 Å². The molecule has 7 heteroatoms. The van der Waals surface area contributed by atoms with Gasteiger partial charge in [0.05, 0.1) is 19.6 Å². The molecule has 29 heavy (non-hydrogen) atoms. The van der Waals surface area contributed by atoms with Gasteiger partial charge in [0, 0.05) is 22.2 Å². The van der Waals surface area contributed by atoms with Crippen LogP contribution in [0.15, 0.2) is 42.5 Å². The summed E-state index contributed by atoms with van der Waals surface area (Å²) >= 11 is 0. The topological polar surface area (TPSA) is 92.5 Å². The Balaban J connectivity index is 1.64. The molecule has 0 unspecified atom stereocenters. The first-order chi connectivity index (χ1) is 13.9. The van der Waals surface area contributed by atoms with Gasteiger partial charge >= 0.3 is 0 Å². The van der Waals surface area contributed by atoms with Crippen molar-refractivity contribution in [3.05, 3.63) is 59.3 Å². The van der Waals surface area contributed by atoms with Gasteiger partial charge in [0.25, 0.3) is 5.91 Å². The Morgan fingerprint density at radius 3 is 2.55 bits per heavy atom. The standard InChI is InChI=1S/C22H25N3O4/c1-13(2)29-19-10-9-15(11-20(19)28-4)22(27)25-24-21(26)12-17-14(3)23-18-8-6-5-7-16(17)18/h5-11,13,23H,12H2,1-4H3,(H,24,26)(H,25,27). The first-order valence-electron chi connectivity index (χ1n) is 9.39. The maximum absolute atomic E-state index is 12.4. The zero-order valence-electron chi connectivity index (χ0n) is 17.0. The number of aromatic amines is 1. The Morgan fingerprint density at radius 1 is 1.07 bits per heavy atom. The van der Waals surface area contributed by atoms with Crippen molar-refractivity contribution in [2.45, 2.75) is 33.3 Å². The molecular formula is C22H25N3O4. The maximum atomic E-state index is 12.4. The lowest BCUT2D eigenvalue weighted by atomic mass is 10.1. The molecule has 0 radical (unpaired) electrons. The average molecular weight is 395 g/mol. The second kappa shape index (κ2) is 8.68. The predicted octanol–water partition coefficient (Wildman–Crippen LogP) is 3.28. The zero-order valence-corrected chi connectivity index (χ0v) is 17.0. The first-order valence-corrected chi connectivity index (χ1v) is 9.39. The number of carbonyl (C=O) groups excluding carboxylic acids is 2. The minimum absolute atomic E-state index is 0.0177. The highest BCUT2D eigenvalue weighted by Crippen LogP contribution is 2.29. The zero-order chi connectivity index (χ0) is 21.0. The van der Waals surface area contributed by atoms with Gasteiger partial charge in [0.1, 0.15) is 0 Å². The van der Waals surface area contributed by atoms with Gasteiger partial charge in [-0.05, 0) is 50.6 Å². The highest BCUT2D eigenvalue weighted by Gasteiger charge is 2.15. The highest BCUT2D eigenvalue weighted by molar-refractivity contribution is 5.96. The Kier molecular flexibility index (Phi) is 6.07. The Bertz CT molecular complexity index is 1040. The molecule has 3 aromatic rings. The largest absolute Gasteiger partial charge is 0.493 e. The fourth-order valence-corrected chi connectivity index (χ4v) is 3.13. The van der Waals surface area contributed by atoms with Gasteiger partial charge < -0.3 is 14.5 Å². The van der Waals surface area contributed by atoms with E-state index in [0.717, 1.165) is 22.2 Å². The van der Waals surface area contributed by atoms with Crippen molar-refractivity contribution in [3.8, 4) is 11.5 Å². The number of fused-ring (bicyclic) bond motifs is 1. The summed E-state index contributed by atoms with van der Waals surface area (Å²) in [5.74, 6) is 0.256. The van der Waals surface area contributed by atoms with Crippen molar-refractivity contribution in [3.63, 3.8) is 0 Å². The lowest BCUT2D eigenvalue weighted by Crippen LogP contribution is -2.42. The number of methoxy groups -OCH3 is 1. The summed E-state index contributed by atoms with van der Waals surface area (Å²) in [5.41, 5.74) is 8.08. The smallest absolute Gasteiger partial charge is 0.269 e. The van der Waals surface area contributed by atoms with Crippen molar-refractivity contribution in [1.82, 2.24) is 15.8 Å². The van der Waals surface area contributed by atoms with Gasteiger partial charge in [-0.3, -0.25) is 20.4 Å². The van der Waals surface area contributed by atoms with Crippen molar-refractivity contribution in [2.75, 3.05) is 7.11 Å². The molecule has 0 atom stereocenters. The van der Waals surface area contributed by atoms with E-state index < -0.39 is 5.91 Å². The third-order valence-electron chi connectivity index (χ3n) is 4.47. The van der Waals surface area contributed by atoms with E-state index in [1.54, 1.807) is 18.2 Å². The molecule has 7 nitrogen and oxygen atoms in total. The number of carbonyl (C=O) groups is 2. The molecule has 1 heterocycles. The van der Waals surface area contributed by atoms with Crippen molar-refractivity contribution < 1.29 is 19.1 Å². The van der Waals surface area contributed by atoms with Crippen LogP contribution in [0.5, 0.6) is 11.5 Å². The van der Waals surface area contributed by atoms with Crippen LogP contribution in [0.4, 0.5) is 0 Å². The van der Waals surface area contributed by atoms with Crippen LogP contribution in [0.1, 0.15) is 35.5 Å². The molecule has 0 saturated carbocycles. The summed E-state index contributed by atoms with van der Waals surface area (Å²) in [7, 11) is 1.51. The van der Waals surface area contributed by atoms with E-state index in [1.807, 2.05) is 45.0 Å². The number of hydrogen-bond donors (Lipinski definition) is 3. The van der Waals surface area contributed by atoms with Crippen LogP contribution in [0, 0.1) is 6.92 Å². The fourth-order valence-electron chi connectivity index (χ4n) is 3.13. The van der Waals surface area contributed by atoms with Crippen LogP contribution in [0.3, 0.4) is 0 Å². The average Bonchev–Trinajstić information content (AvgIpc) is 3.01. The van der Waals surface area contributed by atoms with Crippen LogP contribution >= 0.6 is 0 Å². The van der Waals surface area contributed by atoms with Crippen LogP contribution in [-0.4, -0.2) is 30.0 Å². The minimum Gasteiger partial charge on any atom is -0.493 e. The quantitative estimate of drug-likeness (QED) is 0.559. The number of rotatable bonds is 6. The predicted molar refractivity (Wildman–Crippen MR) is 111 cm³/mol. The normalized spacial score (nSPS) is 10.8. The second-order valence-electron chi connectivity index (χ2n) is 6.99. The van der Waals surface area contributed by atoms with Gasteiger partial charge in [0.15, 0.2) is 11.5 Å². The van der Waals surface area contributed by atoms with Crippen LogP contribution in [0.2, 0.25) is 0 Å². The molecule has 152 valence electrons. The molecule has 0 bridgehead atoms. The SMILES string of the molecule is COc1cc(C(=O)NNC(=O)Cc2c(C)[nH]c3ccccc23)ccc1OC(C)C. The summed E-state index contributed by atoms with van der Waals surface area (Å²) in [5, 5.41) is 0.997. The third-order valence-corrected chi connectivity index (χ3v) is 4.47. The maximum Gasteiger partial charge on any atom is 0.269 e. The second-order valence-corrected chi connectivity index (χ2v) is 6.99. The lowest BCUT2D eigenvalue weighted by Gasteiger charge is -2.14. The molecule has 1 aromatic heterocycles. The van der Waals surface area contributed by atoms with Gasteiger partial charge in [-0.25, -0.2) is 0 Å². The molecule has 0 spiro atoms. The van der Waals surface area contributed by atoms with E-state index in [2.05, 4.69) is 15.8 Å². The monoisotopic (exact) mass is 395 g/mol. The molecule has 0 aliphatic heterocycles. The van der Waals surface area contributed by atoms with Gasteiger partial charge in [0.2, 0.25) is 5.91 Å². The number of aryl methyl sites for hydroxylation is 1. The molecule has 0 aliphatic carbocycles. The number of para-hydroxylation sites is 1. The van der Waals surface area contributed by atoms with E-state index in [1.165, 1.54) is 7.11 Å². The summed E-state index contributed by atoms with van der Waals surface area (Å²) in [6.45, 7) is 5.74. The number of aromatic nitrogens is 1. The number of benzene rings is 2. The summed E-state index contributed by atoms with van der Waals surface area (Å²) in [4.78, 5) is 28.0. The fraction of sp³-hybridized carbons (Fsp3) is 0.273. The van der Waals surface area contributed by atoms with E-state index in [9.17, 15) is 9.59 Å². The molecule has 3 rings (SSSR count). The Labute approximate surface area is 169 Å². The van der Waals surface area contributed by atoms with E-state index in [-0.39, 0.29) is 18.4 Å². The van der Waals surface area contributed by atoms with Gasteiger partial charge in [-0.1, -0.05) is 18.2 Å². The van der Waals surface area contributed by atoms with E-state index in [0.29, 0.717) is 17.1 Å². The Morgan fingerprint density at radius 2 is 1.83 bits per heavy atom. The Hall–Kier alpha value is -3.48. The third kappa shape index (κ3) is 4.68. The first kappa shape index (κ1) is 20.3. The van der Waals surface area contributed by atoms with E-state index >= 15 is 0 Å². The summed E-state index contributed by atoms with van der Waals surface area (Å²) in [6, 6.07) is 12.7. The summed E-state index contributed by atoms with van der Waals surface area (Å²) < 4.78 is 10.9. The lowest BCUT2D eigenvalue weighted by molar-refractivity contribution is -0.121. The van der Waals surface area contributed by atoms with Crippen LogP contribution < -0.4 is 20.3 Å². The van der Waals surface area contributed by atoms with Crippen molar-refractivity contribution in [1.29, 1.82) is 0 Å². The summed E-state index contributed by atoms with van der Waals surface area (Å²) in [6.07, 6.45) is 0.136. The number of hydrogen-bond acceptors (Lipinski definition) is 4. The highest BCUT2D eigenvalue weighted by atomic mass is 16.5. The molecule has 0 fully saturated rings. The number of H-pyrrole nitrogens is 1.